The highest BCUT2D eigenvalue weighted by molar-refractivity contribution is 5.78. The van der Waals surface area contributed by atoms with Crippen molar-refractivity contribution in [3.05, 3.63) is 24.3 Å². The molecule has 2 fully saturated rings. The number of amides is 1. The van der Waals surface area contributed by atoms with E-state index in [1.165, 1.54) is 0 Å². The summed E-state index contributed by atoms with van der Waals surface area (Å²) in [5.74, 6) is -0.479. The molecule has 0 unspecified atom stereocenters. The van der Waals surface area contributed by atoms with Gasteiger partial charge in [0.15, 0.2) is 0 Å². The van der Waals surface area contributed by atoms with Crippen LogP contribution in [0.3, 0.4) is 0 Å². The van der Waals surface area contributed by atoms with Crippen molar-refractivity contribution in [3.63, 3.8) is 0 Å². The number of anilines is 1. The number of methoxy groups -OCH3 is 1. The molecule has 1 N–H and O–H groups in total. The molecule has 1 saturated carbocycles. The van der Waals surface area contributed by atoms with Crippen LogP contribution in [0.2, 0.25) is 0 Å². The van der Waals surface area contributed by atoms with Crippen LogP contribution in [-0.4, -0.2) is 62.9 Å². The standard InChI is InChI=1S/C20H28F3N3O2/c1-28-18-5-3-2-4-17(18)26-12-10-25(11-13-26)14-19(27)24-16-8-6-15(7-9-16)20(21,22)23/h2-5,15-16H,6-14H2,1H3,(H,24,27). The van der Waals surface area contributed by atoms with E-state index < -0.39 is 12.1 Å². The van der Waals surface area contributed by atoms with Crippen molar-refractivity contribution in [3.8, 4) is 5.75 Å². The summed E-state index contributed by atoms with van der Waals surface area (Å²) in [7, 11) is 1.65. The third-order valence-electron chi connectivity index (χ3n) is 5.72. The fourth-order valence-corrected chi connectivity index (χ4v) is 4.08. The summed E-state index contributed by atoms with van der Waals surface area (Å²) in [6.45, 7) is 3.40. The Morgan fingerprint density at radius 2 is 1.75 bits per heavy atom. The number of piperazine rings is 1. The largest absolute Gasteiger partial charge is 0.495 e. The lowest BCUT2D eigenvalue weighted by molar-refractivity contribution is -0.182. The summed E-state index contributed by atoms with van der Waals surface area (Å²) in [6.07, 6.45) is -3.11. The highest BCUT2D eigenvalue weighted by atomic mass is 19.4. The van der Waals surface area contributed by atoms with Gasteiger partial charge >= 0.3 is 6.18 Å². The van der Waals surface area contributed by atoms with Gasteiger partial charge in [0.25, 0.3) is 0 Å². The first-order valence-electron chi connectivity index (χ1n) is 9.83. The molecule has 0 radical (unpaired) electrons. The number of hydrogen-bond donors (Lipinski definition) is 1. The van der Waals surface area contributed by atoms with Gasteiger partial charge in [0, 0.05) is 32.2 Å². The Bertz CT molecular complexity index is 652. The fraction of sp³-hybridized carbons (Fsp3) is 0.650. The van der Waals surface area contributed by atoms with Crippen LogP contribution in [0.15, 0.2) is 24.3 Å². The van der Waals surface area contributed by atoms with Gasteiger partial charge in [-0.05, 0) is 37.8 Å². The number of alkyl halides is 3. The Hall–Kier alpha value is -1.96. The molecule has 3 rings (SSSR count). The van der Waals surface area contributed by atoms with E-state index in [1.54, 1.807) is 7.11 Å². The summed E-state index contributed by atoms with van der Waals surface area (Å²) in [6, 6.07) is 7.73. The number of nitrogens with one attached hydrogen (secondary N) is 1. The number of hydrogen-bond acceptors (Lipinski definition) is 4. The van der Waals surface area contributed by atoms with Gasteiger partial charge in [-0.1, -0.05) is 12.1 Å². The summed E-state index contributed by atoms with van der Waals surface area (Å²) < 4.78 is 43.6. The normalized spacial score (nSPS) is 24.1. The molecule has 1 saturated heterocycles. The summed E-state index contributed by atoms with van der Waals surface area (Å²) in [5.41, 5.74) is 1.05. The van der Waals surface area contributed by atoms with Gasteiger partial charge in [-0.3, -0.25) is 9.69 Å². The zero-order valence-electron chi connectivity index (χ0n) is 16.2. The van der Waals surface area contributed by atoms with Crippen molar-refractivity contribution < 1.29 is 22.7 Å². The summed E-state index contributed by atoms with van der Waals surface area (Å²) >= 11 is 0. The van der Waals surface area contributed by atoms with Crippen molar-refractivity contribution in [1.82, 2.24) is 10.2 Å². The van der Waals surface area contributed by atoms with Crippen molar-refractivity contribution in [1.29, 1.82) is 0 Å². The first-order chi connectivity index (χ1) is 13.4. The molecule has 156 valence electrons. The van der Waals surface area contributed by atoms with Crippen molar-refractivity contribution in [2.75, 3.05) is 44.7 Å². The maximum atomic E-state index is 12.7. The molecule has 1 aromatic carbocycles. The number of halogens is 3. The van der Waals surface area contributed by atoms with Crippen LogP contribution in [-0.2, 0) is 4.79 Å². The third-order valence-corrected chi connectivity index (χ3v) is 5.72. The fourth-order valence-electron chi connectivity index (χ4n) is 4.08. The molecule has 2 aliphatic rings. The van der Waals surface area contributed by atoms with E-state index >= 15 is 0 Å². The molecule has 28 heavy (non-hydrogen) atoms. The molecule has 1 aliphatic carbocycles. The van der Waals surface area contributed by atoms with Crippen LogP contribution in [0, 0.1) is 5.92 Å². The monoisotopic (exact) mass is 399 g/mol. The molecule has 1 aliphatic heterocycles. The Balaban J connectivity index is 1.41. The van der Waals surface area contributed by atoms with Crippen LogP contribution >= 0.6 is 0 Å². The first kappa shape index (κ1) is 20.8. The topological polar surface area (TPSA) is 44.8 Å². The van der Waals surface area contributed by atoms with Gasteiger partial charge in [-0.15, -0.1) is 0 Å². The molecule has 1 aromatic rings. The number of ether oxygens (including phenoxy) is 1. The number of carbonyl (C=O) groups excluding carboxylic acids is 1. The molecule has 0 aromatic heterocycles. The molecule has 5 nitrogen and oxygen atoms in total. The maximum absolute atomic E-state index is 12.7. The predicted octanol–water partition coefficient (Wildman–Crippen LogP) is 3.05. The van der Waals surface area contributed by atoms with Gasteiger partial charge in [0.05, 0.1) is 25.3 Å². The van der Waals surface area contributed by atoms with Crippen molar-refractivity contribution in [2.24, 2.45) is 5.92 Å². The Kier molecular flexibility index (Phi) is 6.69. The molecular formula is C20H28F3N3O2. The van der Waals surface area contributed by atoms with Crippen LogP contribution < -0.4 is 15.0 Å². The average Bonchev–Trinajstić information content (AvgIpc) is 2.68. The lowest BCUT2D eigenvalue weighted by atomic mass is 9.85. The minimum Gasteiger partial charge on any atom is -0.495 e. The van der Waals surface area contributed by atoms with E-state index in [2.05, 4.69) is 15.1 Å². The van der Waals surface area contributed by atoms with Gasteiger partial charge < -0.3 is 15.0 Å². The lowest BCUT2D eigenvalue weighted by Gasteiger charge is -2.36. The first-order valence-corrected chi connectivity index (χ1v) is 9.83. The maximum Gasteiger partial charge on any atom is 0.391 e. The minimum absolute atomic E-state index is 0.0961. The minimum atomic E-state index is -4.11. The quantitative estimate of drug-likeness (QED) is 0.827. The third kappa shape index (κ3) is 5.31. The average molecular weight is 399 g/mol. The molecular weight excluding hydrogens is 371 g/mol. The molecule has 8 heteroatoms. The number of carbonyl (C=O) groups is 1. The van der Waals surface area contributed by atoms with Gasteiger partial charge in [0.2, 0.25) is 5.91 Å². The second-order valence-electron chi connectivity index (χ2n) is 7.59. The number of rotatable bonds is 5. The Morgan fingerprint density at radius 1 is 1.11 bits per heavy atom. The smallest absolute Gasteiger partial charge is 0.391 e. The van der Waals surface area contributed by atoms with E-state index in [-0.39, 0.29) is 24.8 Å². The second kappa shape index (κ2) is 9.03. The number of nitrogens with zero attached hydrogens (tertiary/aromatic N) is 2. The summed E-state index contributed by atoms with van der Waals surface area (Å²) in [5, 5.41) is 2.92. The van der Waals surface area contributed by atoms with E-state index in [0.717, 1.165) is 37.6 Å². The van der Waals surface area contributed by atoms with E-state index in [4.69, 9.17) is 4.74 Å². The van der Waals surface area contributed by atoms with Gasteiger partial charge in [-0.2, -0.15) is 13.2 Å². The molecule has 0 atom stereocenters. The van der Waals surface area contributed by atoms with Crippen LogP contribution in [0.5, 0.6) is 5.75 Å². The number of para-hydroxylation sites is 2. The second-order valence-corrected chi connectivity index (χ2v) is 7.59. The van der Waals surface area contributed by atoms with Crippen molar-refractivity contribution >= 4 is 11.6 Å². The predicted molar refractivity (Wildman–Crippen MR) is 102 cm³/mol. The number of benzene rings is 1. The van der Waals surface area contributed by atoms with Crippen LogP contribution in [0.1, 0.15) is 25.7 Å². The SMILES string of the molecule is COc1ccccc1N1CCN(CC(=O)NC2CCC(C(F)(F)F)CC2)CC1. The zero-order chi connectivity index (χ0) is 20.1. The molecule has 0 bridgehead atoms. The molecule has 0 spiro atoms. The van der Waals surface area contributed by atoms with E-state index in [9.17, 15) is 18.0 Å². The zero-order valence-corrected chi connectivity index (χ0v) is 16.2. The van der Waals surface area contributed by atoms with Crippen LogP contribution in [0.4, 0.5) is 18.9 Å². The van der Waals surface area contributed by atoms with Gasteiger partial charge in [0.1, 0.15) is 5.75 Å². The van der Waals surface area contributed by atoms with E-state index in [1.807, 2.05) is 24.3 Å². The van der Waals surface area contributed by atoms with Crippen molar-refractivity contribution in [2.45, 2.75) is 37.9 Å². The summed E-state index contributed by atoms with van der Waals surface area (Å²) in [4.78, 5) is 16.6. The Labute approximate surface area is 163 Å². The highest BCUT2D eigenvalue weighted by Crippen LogP contribution is 2.37. The highest BCUT2D eigenvalue weighted by Gasteiger charge is 2.41. The van der Waals surface area contributed by atoms with Crippen LogP contribution in [0.25, 0.3) is 0 Å². The van der Waals surface area contributed by atoms with Gasteiger partial charge in [-0.25, -0.2) is 0 Å². The molecule has 1 heterocycles. The molecule has 1 amide bonds. The Morgan fingerprint density at radius 3 is 2.36 bits per heavy atom. The van der Waals surface area contributed by atoms with E-state index in [0.29, 0.717) is 19.4 Å². The lowest BCUT2D eigenvalue weighted by Crippen LogP contribution is -2.51.